The molecule has 0 unspecified atom stereocenters. The van der Waals surface area contributed by atoms with Gasteiger partial charge in [-0.05, 0) is 58.9 Å². The van der Waals surface area contributed by atoms with Crippen LogP contribution in [0.5, 0.6) is 0 Å². The van der Waals surface area contributed by atoms with Gasteiger partial charge in [0.25, 0.3) is 0 Å². The highest BCUT2D eigenvalue weighted by Crippen LogP contribution is 2.33. The molecule has 0 spiro atoms. The lowest BCUT2D eigenvalue weighted by molar-refractivity contribution is 0.0528. The maximum absolute atomic E-state index is 11.9. The summed E-state index contributed by atoms with van der Waals surface area (Å²) in [5.41, 5.74) is 4.07. The minimum absolute atomic E-state index is 0.185. The van der Waals surface area contributed by atoms with Crippen molar-refractivity contribution in [2.75, 3.05) is 11.9 Å². The van der Waals surface area contributed by atoms with Crippen LogP contribution in [0.2, 0.25) is 0 Å². The number of carbonyl (C=O) groups is 1. The molecule has 1 amide bonds. The van der Waals surface area contributed by atoms with Crippen LogP contribution in [0.25, 0.3) is 27.5 Å². The minimum atomic E-state index is -0.540. The van der Waals surface area contributed by atoms with Gasteiger partial charge in [0.05, 0.1) is 34.2 Å². The van der Waals surface area contributed by atoms with Gasteiger partial charge < -0.3 is 15.4 Å². The van der Waals surface area contributed by atoms with E-state index < -0.39 is 11.7 Å². The second-order valence-corrected chi connectivity index (χ2v) is 10.6. The Hall–Kier alpha value is -4.04. The molecule has 4 aromatic rings. The summed E-state index contributed by atoms with van der Waals surface area (Å²) in [6, 6.07) is 9.91. The number of hydrogen-bond acceptors (Lipinski definition) is 9. The van der Waals surface area contributed by atoms with Crippen molar-refractivity contribution in [2.45, 2.75) is 52.7 Å². The van der Waals surface area contributed by atoms with E-state index in [0.717, 1.165) is 38.2 Å². The summed E-state index contributed by atoms with van der Waals surface area (Å²) >= 11 is 1.46. The molecule has 0 radical (unpaired) electrons. The van der Waals surface area contributed by atoms with Crippen LogP contribution < -0.4 is 10.6 Å². The number of nitriles is 1. The van der Waals surface area contributed by atoms with Crippen LogP contribution in [0.4, 0.5) is 10.5 Å². The average molecular weight is 505 g/mol. The molecule has 10 nitrogen and oxygen atoms in total. The van der Waals surface area contributed by atoms with Crippen molar-refractivity contribution in [2.24, 2.45) is 0 Å². The Balaban J connectivity index is 1.56. The molecule has 2 N–H and O–H groups in total. The SMILES string of the molecule is CC(C)Nc1cc(-c2ccc3cc(C#N)cnn23)ncc1-c1nnc(CCNC(=O)OC(C)(C)C)s1. The number of nitrogens with one attached hydrogen (secondary N) is 2. The fourth-order valence-corrected chi connectivity index (χ4v) is 4.36. The second-order valence-electron chi connectivity index (χ2n) is 9.51. The first-order valence-corrected chi connectivity index (χ1v) is 12.4. The standard InChI is InChI=1S/C25H28N8O2S/c1-15(2)30-19-11-20(21-7-6-17-10-16(12-26)13-29-33(17)21)28-14-18(19)23-32-31-22(36-23)8-9-27-24(34)35-25(3,4)5/h6-7,10-11,13-15H,8-9H2,1-5H3,(H,27,34)(H,28,30). The van der Waals surface area contributed by atoms with Crippen molar-refractivity contribution in [3.8, 4) is 28.0 Å². The molecule has 0 atom stereocenters. The number of anilines is 1. The molecule has 36 heavy (non-hydrogen) atoms. The minimum Gasteiger partial charge on any atom is -0.444 e. The molecule has 4 rings (SSSR count). The number of aromatic nitrogens is 5. The Morgan fingerprint density at radius 2 is 2.03 bits per heavy atom. The van der Waals surface area contributed by atoms with Gasteiger partial charge in [0.15, 0.2) is 5.01 Å². The maximum Gasteiger partial charge on any atom is 0.407 e. The number of rotatable bonds is 7. The first-order chi connectivity index (χ1) is 17.1. The van der Waals surface area contributed by atoms with Gasteiger partial charge in [-0.1, -0.05) is 11.3 Å². The molecule has 0 saturated carbocycles. The first-order valence-electron chi connectivity index (χ1n) is 11.6. The number of ether oxygens (including phenoxy) is 1. The summed E-state index contributed by atoms with van der Waals surface area (Å²) in [5.74, 6) is 0. The highest BCUT2D eigenvalue weighted by atomic mass is 32.1. The van der Waals surface area contributed by atoms with E-state index in [0.29, 0.717) is 18.5 Å². The summed E-state index contributed by atoms with van der Waals surface area (Å²) in [6.07, 6.45) is 3.42. The fraction of sp³-hybridized carbons (Fsp3) is 0.360. The fourth-order valence-electron chi connectivity index (χ4n) is 3.50. The number of fused-ring (bicyclic) bond motifs is 1. The monoisotopic (exact) mass is 504 g/mol. The third kappa shape index (κ3) is 5.95. The topological polar surface area (TPSA) is 130 Å². The molecule has 11 heteroatoms. The third-order valence-electron chi connectivity index (χ3n) is 4.94. The molecule has 4 heterocycles. The van der Waals surface area contributed by atoms with Crippen molar-refractivity contribution in [1.82, 2.24) is 30.1 Å². The molecule has 0 saturated heterocycles. The van der Waals surface area contributed by atoms with Gasteiger partial charge in [0.1, 0.15) is 16.7 Å². The van der Waals surface area contributed by atoms with Crippen LogP contribution in [0.1, 0.15) is 45.2 Å². The average Bonchev–Trinajstić information content (AvgIpc) is 3.44. The van der Waals surface area contributed by atoms with Crippen molar-refractivity contribution < 1.29 is 9.53 Å². The van der Waals surface area contributed by atoms with E-state index in [4.69, 9.17) is 10.00 Å². The predicted octanol–water partition coefficient (Wildman–Crippen LogP) is 4.67. The van der Waals surface area contributed by atoms with Gasteiger partial charge in [-0.15, -0.1) is 10.2 Å². The van der Waals surface area contributed by atoms with Gasteiger partial charge in [-0.3, -0.25) is 4.98 Å². The van der Waals surface area contributed by atoms with Crippen LogP contribution in [0, 0.1) is 11.3 Å². The zero-order chi connectivity index (χ0) is 25.9. The smallest absolute Gasteiger partial charge is 0.407 e. The van der Waals surface area contributed by atoms with Crippen LogP contribution in [0.3, 0.4) is 0 Å². The molecular formula is C25H28N8O2S. The normalized spacial score (nSPS) is 11.5. The third-order valence-corrected chi connectivity index (χ3v) is 5.96. The lowest BCUT2D eigenvalue weighted by Crippen LogP contribution is -2.33. The van der Waals surface area contributed by atoms with Gasteiger partial charge in [-0.2, -0.15) is 10.4 Å². The summed E-state index contributed by atoms with van der Waals surface area (Å²) in [6.45, 7) is 10.0. The van der Waals surface area contributed by atoms with E-state index in [1.807, 2.05) is 39.0 Å². The highest BCUT2D eigenvalue weighted by molar-refractivity contribution is 7.14. The largest absolute Gasteiger partial charge is 0.444 e. The molecule has 186 valence electrons. The van der Waals surface area contributed by atoms with Crippen molar-refractivity contribution in [1.29, 1.82) is 5.26 Å². The molecular weight excluding hydrogens is 476 g/mol. The predicted molar refractivity (Wildman–Crippen MR) is 139 cm³/mol. The van der Waals surface area contributed by atoms with Gasteiger partial charge >= 0.3 is 6.09 Å². The van der Waals surface area contributed by atoms with Crippen LogP contribution >= 0.6 is 11.3 Å². The van der Waals surface area contributed by atoms with E-state index in [1.54, 1.807) is 23.0 Å². The van der Waals surface area contributed by atoms with Crippen molar-refractivity contribution in [3.05, 3.63) is 47.2 Å². The molecule has 0 aliphatic rings. The number of pyridine rings is 1. The summed E-state index contributed by atoms with van der Waals surface area (Å²) in [4.78, 5) is 16.5. The molecule has 0 aliphatic heterocycles. The number of amides is 1. The van der Waals surface area contributed by atoms with Crippen molar-refractivity contribution >= 4 is 28.6 Å². The van der Waals surface area contributed by atoms with E-state index in [2.05, 4.69) is 50.8 Å². The van der Waals surface area contributed by atoms with E-state index >= 15 is 0 Å². The quantitative estimate of drug-likeness (QED) is 0.371. The van der Waals surface area contributed by atoms with Gasteiger partial charge in [-0.25, -0.2) is 9.31 Å². The number of nitrogens with zero attached hydrogens (tertiary/aromatic N) is 6. The number of hydrogen-bond donors (Lipinski definition) is 2. The van der Waals surface area contributed by atoms with E-state index in [9.17, 15) is 4.79 Å². The molecule has 4 aromatic heterocycles. The van der Waals surface area contributed by atoms with Crippen LogP contribution in [-0.2, 0) is 11.2 Å². The van der Waals surface area contributed by atoms with E-state index in [1.165, 1.54) is 11.3 Å². The Labute approximate surface area is 213 Å². The Bertz CT molecular complexity index is 1430. The molecule has 0 fully saturated rings. The first kappa shape index (κ1) is 25.1. The zero-order valence-electron chi connectivity index (χ0n) is 20.9. The zero-order valence-corrected chi connectivity index (χ0v) is 21.7. The van der Waals surface area contributed by atoms with Gasteiger partial charge in [0.2, 0.25) is 0 Å². The lowest BCUT2D eigenvalue weighted by atomic mass is 10.1. The second kappa shape index (κ2) is 10.3. The number of alkyl carbamates (subject to hydrolysis) is 1. The number of carbonyl (C=O) groups excluding carboxylic acids is 1. The van der Waals surface area contributed by atoms with Crippen LogP contribution in [0.15, 0.2) is 36.7 Å². The molecule has 0 aliphatic carbocycles. The van der Waals surface area contributed by atoms with Gasteiger partial charge in [0, 0.05) is 30.9 Å². The summed E-state index contributed by atoms with van der Waals surface area (Å²) < 4.78 is 7.03. The molecule has 0 aromatic carbocycles. The summed E-state index contributed by atoms with van der Waals surface area (Å²) in [7, 11) is 0. The summed E-state index contributed by atoms with van der Waals surface area (Å²) in [5, 5.41) is 30.0. The Morgan fingerprint density at radius 1 is 1.22 bits per heavy atom. The van der Waals surface area contributed by atoms with Crippen LogP contribution in [-0.4, -0.2) is 49.1 Å². The van der Waals surface area contributed by atoms with Crippen molar-refractivity contribution in [3.63, 3.8) is 0 Å². The molecule has 0 bridgehead atoms. The lowest BCUT2D eigenvalue weighted by Gasteiger charge is -2.19. The maximum atomic E-state index is 11.9. The van der Waals surface area contributed by atoms with E-state index in [-0.39, 0.29) is 6.04 Å². The Kier molecular flexibility index (Phi) is 7.17. The Morgan fingerprint density at radius 3 is 2.75 bits per heavy atom. The highest BCUT2D eigenvalue weighted by Gasteiger charge is 2.18.